The molecule has 11 aromatic rings. The van der Waals surface area contributed by atoms with E-state index in [0.29, 0.717) is 39.4 Å². The summed E-state index contributed by atoms with van der Waals surface area (Å²) in [6, 6.07) is 61.4. The number of aromatic nitrogens is 2. The Bertz CT molecular complexity index is 4240. The molecule has 0 atom stereocenters. The topological polar surface area (TPSA) is 33.5 Å². The van der Waals surface area contributed by atoms with E-state index in [0.717, 1.165) is 66.8 Å². The van der Waals surface area contributed by atoms with E-state index in [9.17, 15) is 0 Å². The second-order valence-corrected chi connectivity index (χ2v) is 24.4. The van der Waals surface area contributed by atoms with Crippen molar-refractivity contribution in [3.05, 3.63) is 240 Å². The zero-order valence-electron chi connectivity index (χ0n) is 47.3. The van der Waals surface area contributed by atoms with Crippen LogP contribution in [0.5, 0.6) is 11.5 Å². The van der Waals surface area contributed by atoms with Gasteiger partial charge >= 0.3 is 0 Å². The predicted octanol–water partition coefficient (Wildman–Crippen LogP) is 20.5. The zero-order chi connectivity index (χ0) is 57.6. The number of fused-ring (bicyclic) bond motifs is 4. The maximum atomic E-state index is 16.9. The van der Waals surface area contributed by atoms with Gasteiger partial charge in [-0.2, -0.15) is 0 Å². The van der Waals surface area contributed by atoms with Crippen molar-refractivity contribution in [3.63, 3.8) is 0 Å². The number of hydrogen-bond acceptors (Lipinski definition) is 4. The van der Waals surface area contributed by atoms with Crippen LogP contribution in [0.3, 0.4) is 0 Å². The lowest BCUT2D eigenvalue weighted by Crippen LogP contribution is -2.25. The van der Waals surface area contributed by atoms with Gasteiger partial charge in [0.15, 0.2) is 23.3 Å². The third-order valence-electron chi connectivity index (χ3n) is 15.7. The van der Waals surface area contributed by atoms with Crippen LogP contribution in [0.15, 0.2) is 194 Å². The summed E-state index contributed by atoms with van der Waals surface area (Å²) in [5.74, 6) is -8.23. The minimum absolute atomic E-state index is 0.0505. The van der Waals surface area contributed by atoms with Crippen molar-refractivity contribution < 1.29 is 26.7 Å². The Morgan fingerprint density at radius 2 is 0.939 bits per heavy atom. The number of pyridine rings is 1. The van der Waals surface area contributed by atoms with Gasteiger partial charge in [-0.05, 0) is 127 Å². The van der Waals surface area contributed by atoms with Gasteiger partial charge in [-0.3, -0.25) is 4.57 Å². The van der Waals surface area contributed by atoms with Crippen LogP contribution < -0.4 is 14.5 Å². The first-order valence-electron chi connectivity index (χ1n) is 27.6. The number of nitrogens with zero attached hydrogens (tertiary/aromatic N) is 4. The van der Waals surface area contributed by atoms with Crippen molar-refractivity contribution in [1.82, 2.24) is 9.55 Å². The maximum absolute atomic E-state index is 16.9. The monoisotopic (exact) mass is 1090 g/mol. The molecule has 12 rings (SSSR count). The molecule has 5 nitrogen and oxygen atoms in total. The molecule has 0 unspecified atom stereocenters. The van der Waals surface area contributed by atoms with Gasteiger partial charge in [0.2, 0.25) is 5.82 Å². The third kappa shape index (κ3) is 9.63. The molecule has 0 amide bonds. The zero-order valence-corrected chi connectivity index (χ0v) is 47.3. The highest BCUT2D eigenvalue weighted by molar-refractivity contribution is 6.09. The standard InChI is InChI=1S/C72H61F5N4O/c1-70(2,3)48-30-31-78-62(39-48)81-58-25-17-16-24-54(58)55-29-28-52(41-61(55)81)82-53-35-45(43-20-12-10-13-21-43)34-51(40-53)79-42-80(60-27-19-18-26-59(60)79)69-56(47-32-49(71(4,5)6)38-50(33-47)72(7,8)9)36-46(44-22-14-11-15-23-44)37-57(69)63-64(73)66(75)68(77)67(76)65(63)74/h10-41H,42H2,1-9H3. The molecule has 0 fully saturated rings. The van der Waals surface area contributed by atoms with Gasteiger partial charge in [0.25, 0.3) is 0 Å². The number of halogens is 5. The predicted molar refractivity (Wildman–Crippen MR) is 325 cm³/mol. The van der Waals surface area contributed by atoms with E-state index in [4.69, 9.17) is 9.72 Å². The number of hydrogen-bond donors (Lipinski definition) is 0. The van der Waals surface area contributed by atoms with Crippen LogP contribution in [0.2, 0.25) is 0 Å². The second kappa shape index (κ2) is 20.2. The lowest BCUT2D eigenvalue weighted by molar-refractivity contribution is 0.381. The van der Waals surface area contributed by atoms with Crippen LogP contribution in [0.4, 0.5) is 44.7 Å². The van der Waals surface area contributed by atoms with Crippen LogP contribution in [0, 0.1) is 29.1 Å². The average Bonchev–Trinajstić information content (AvgIpc) is 2.63. The van der Waals surface area contributed by atoms with Crippen LogP contribution in [0.25, 0.3) is 72.1 Å². The molecular formula is C72H61F5N4O. The Hall–Kier alpha value is -9.02. The average molecular weight is 1090 g/mol. The van der Waals surface area contributed by atoms with Crippen molar-refractivity contribution in [1.29, 1.82) is 0 Å². The number of benzene rings is 9. The molecule has 82 heavy (non-hydrogen) atoms. The SMILES string of the molecule is CC(C)(C)c1cc(-c2cc(-c3ccccc3)cc(-c3c(F)c(F)c(F)c(F)c3F)c2N2CN(c3cc(Oc4ccc5c6ccccc6n(-c6cc(C(C)(C)C)ccn6)c5c4)cc(-c4ccccc4)c3)c3ccccc32)cc(C(C)(C)C)c1. The molecule has 0 radical (unpaired) electrons. The largest absolute Gasteiger partial charge is 0.457 e. The first-order chi connectivity index (χ1) is 39.1. The van der Waals surface area contributed by atoms with Gasteiger partial charge in [-0.15, -0.1) is 0 Å². The molecule has 0 bridgehead atoms. The molecule has 2 aromatic heterocycles. The van der Waals surface area contributed by atoms with E-state index in [-0.39, 0.29) is 34.2 Å². The number of para-hydroxylation sites is 3. The molecule has 0 saturated heterocycles. The highest BCUT2D eigenvalue weighted by Gasteiger charge is 2.36. The van der Waals surface area contributed by atoms with Gasteiger partial charge in [-0.1, -0.05) is 172 Å². The maximum Gasteiger partial charge on any atom is 0.200 e. The molecule has 1 aliphatic heterocycles. The smallest absolute Gasteiger partial charge is 0.200 e. The summed E-state index contributed by atoms with van der Waals surface area (Å²) in [7, 11) is 0. The Kier molecular flexibility index (Phi) is 13.2. The molecule has 410 valence electrons. The summed E-state index contributed by atoms with van der Waals surface area (Å²) in [5, 5.41) is 2.12. The fourth-order valence-electron chi connectivity index (χ4n) is 11.2. The Morgan fingerprint density at radius 1 is 0.402 bits per heavy atom. The molecule has 10 heteroatoms. The van der Waals surface area contributed by atoms with Gasteiger partial charge < -0.3 is 14.5 Å². The summed E-state index contributed by atoms with van der Waals surface area (Å²) in [5.41, 5.74) is 9.65. The molecule has 3 heterocycles. The second-order valence-electron chi connectivity index (χ2n) is 24.4. The van der Waals surface area contributed by atoms with Gasteiger partial charge in [0, 0.05) is 45.9 Å². The first kappa shape index (κ1) is 53.6. The van der Waals surface area contributed by atoms with E-state index in [1.165, 1.54) is 0 Å². The fourth-order valence-corrected chi connectivity index (χ4v) is 11.2. The lowest BCUT2D eigenvalue weighted by Gasteiger charge is -2.30. The van der Waals surface area contributed by atoms with E-state index in [2.05, 4.69) is 126 Å². The molecule has 0 spiro atoms. The number of ether oxygens (including phenoxy) is 1. The minimum atomic E-state index is -2.23. The summed E-state index contributed by atoms with van der Waals surface area (Å²) < 4.78 is 89.7. The quantitative estimate of drug-likeness (QED) is 0.0819. The van der Waals surface area contributed by atoms with Gasteiger partial charge in [0.05, 0.1) is 33.7 Å². The number of rotatable bonds is 9. The van der Waals surface area contributed by atoms with Crippen LogP contribution >= 0.6 is 0 Å². The van der Waals surface area contributed by atoms with Crippen molar-refractivity contribution in [2.75, 3.05) is 16.5 Å². The summed E-state index contributed by atoms with van der Waals surface area (Å²) in [6.07, 6.45) is 1.86. The third-order valence-corrected chi connectivity index (χ3v) is 15.7. The normalized spacial score (nSPS) is 12.9. The van der Waals surface area contributed by atoms with Crippen molar-refractivity contribution in [2.24, 2.45) is 0 Å². The molecule has 9 aromatic carbocycles. The van der Waals surface area contributed by atoms with E-state index >= 15 is 22.0 Å². The van der Waals surface area contributed by atoms with Crippen LogP contribution in [-0.4, -0.2) is 16.2 Å². The van der Waals surface area contributed by atoms with E-state index < -0.39 is 34.6 Å². The highest BCUT2D eigenvalue weighted by Crippen LogP contribution is 2.54. The minimum Gasteiger partial charge on any atom is -0.457 e. The summed E-state index contributed by atoms with van der Waals surface area (Å²) >= 11 is 0. The Morgan fingerprint density at radius 3 is 1.56 bits per heavy atom. The fraction of sp³-hybridized carbons (Fsp3) is 0.181. The van der Waals surface area contributed by atoms with E-state index in [1.54, 1.807) is 6.07 Å². The summed E-state index contributed by atoms with van der Waals surface area (Å²) in [6.45, 7) is 19.4. The first-order valence-corrected chi connectivity index (χ1v) is 27.6. The van der Waals surface area contributed by atoms with Crippen LogP contribution in [0.1, 0.15) is 79.0 Å². The van der Waals surface area contributed by atoms with Crippen molar-refractivity contribution >= 4 is 44.6 Å². The van der Waals surface area contributed by atoms with Gasteiger partial charge in [0.1, 0.15) is 24.0 Å². The molecule has 1 aliphatic rings. The van der Waals surface area contributed by atoms with Crippen LogP contribution in [-0.2, 0) is 16.2 Å². The highest BCUT2D eigenvalue weighted by atomic mass is 19.2. The lowest BCUT2D eigenvalue weighted by atomic mass is 9.78. The Labute approximate surface area is 475 Å². The summed E-state index contributed by atoms with van der Waals surface area (Å²) in [4.78, 5) is 8.91. The van der Waals surface area contributed by atoms with Crippen molar-refractivity contribution in [3.8, 4) is 61.8 Å². The molecule has 0 aliphatic carbocycles. The Balaban J connectivity index is 1.07. The van der Waals surface area contributed by atoms with Crippen molar-refractivity contribution in [2.45, 2.75) is 78.6 Å². The molecular weight excluding hydrogens is 1030 g/mol. The van der Waals surface area contributed by atoms with Gasteiger partial charge in [-0.25, -0.2) is 26.9 Å². The molecule has 0 N–H and O–H groups in total. The van der Waals surface area contributed by atoms with E-state index in [1.807, 2.05) is 138 Å². The molecule has 0 saturated carbocycles. The number of anilines is 4.